The van der Waals surface area contributed by atoms with Gasteiger partial charge >= 0.3 is 0 Å². The number of pyridine rings is 1. The maximum atomic E-state index is 15.1. The quantitative estimate of drug-likeness (QED) is 0.603. The molecule has 29 heavy (non-hydrogen) atoms. The molecule has 6 heteroatoms. The first-order chi connectivity index (χ1) is 13.7. The molecule has 3 rings (SSSR count). The Bertz CT molecular complexity index is 923. The van der Waals surface area contributed by atoms with Crippen molar-refractivity contribution in [2.45, 2.75) is 64.5 Å². The third-order valence-corrected chi connectivity index (χ3v) is 5.77. The van der Waals surface area contributed by atoms with Crippen molar-refractivity contribution in [1.82, 2.24) is 10.3 Å². The van der Waals surface area contributed by atoms with Crippen LogP contribution < -0.4 is 5.32 Å². The van der Waals surface area contributed by atoms with Gasteiger partial charge in [0.25, 0.3) is 0 Å². The van der Waals surface area contributed by atoms with Crippen molar-refractivity contribution in [3.05, 3.63) is 52.2 Å². The second kappa shape index (κ2) is 8.17. The van der Waals surface area contributed by atoms with Gasteiger partial charge in [-0.3, -0.25) is 9.78 Å². The third kappa shape index (κ3) is 4.16. The van der Waals surface area contributed by atoms with Gasteiger partial charge in [-0.1, -0.05) is 20.8 Å². The number of carbonyl (C=O) groups is 1. The maximum Gasteiger partial charge on any atom is 0.207 e. The monoisotopic (exact) mass is 404 g/mol. The fourth-order valence-corrected chi connectivity index (χ4v) is 3.93. The van der Waals surface area contributed by atoms with E-state index in [2.05, 4.69) is 10.3 Å². The number of halogens is 3. The summed E-state index contributed by atoms with van der Waals surface area (Å²) in [5, 5.41) is 2.57. The van der Waals surface area contributed by atoms with E-state index < -0.39 is 23.2 Å². The summed E-state index contributed by atoms with van der Waals surface area (Å²) in [6, 6.07) is 4.22. The smallest absolute Gasteiger partial charge is 0.207 e. The van der Waals surface area contributed by atoms with Gasteiger partial charge in [0, 0.05) is 23.9 Å². The molecule has 1 atom stereocenters. The first kappa shape index (κ1) is 21.3. The number of alkyl halides is 1. The van der Waals surface area contributed by atoms with Crippen LogP contribution in [0.5, 0.6) is 0 Å². The molecule has 1 unspecified atom stereocenters. The number of amides is 1. The van der Waals surface area contributed by atoms with Crippen molar-refractivity contribution in [3.63, 3.8) is 0 Å². The topological polar surface area (TPSA) is 42.0 Å². The van der Waals surface area contributed by atoms with Crippen LogP contribution in [0.1, 0.15) is 67.8 Å². The third-order valence-electron chi connectivity index (χ3n) is 5.77. The Balaban J connectivity index is 2.25. The van der Waals surface area contributed by atoms with E-state index in [9.17, 15) is 13.6 Å². The van der Waals surface area contributed by atoms with Crippen LogP contribution in [0.2, 0.25) is 0 Å². The van der Waals surface area contributed by atoms with Gasteiger partial charge < -0.3 is 5.32 Å². The van der Waals surface area contributed by atoms with Gasteiger partial charge in [0.2, 0.25) is 6.41 Å². The minimum atomic E-state index is -1.42. The lowest BCUT2D eigenvalue weighted by atomic mass is 9.87. The van der Waals surface area contributed by atoms with Gasteiger partial charge in [-0.2, -0.15) is 0 Å². The maximum absolute atomic E-state index is 15.1. The molecule has 1 aromatic carbocycles. The molecule has 1 aliphatic rings. The molecule has 2 aromatic rings. The molecule has 156 valence electrons. The van der Waals surface area contributed by atoms with Crippen LogP contribution in [-0.2, 0) is 11.2 Å². The molecule has 0 spiro atoms. The Morgan fingerprint density at radius 3 is 2.45 bits per heavy atom. The molecule has 1 saturated carbocycles. The van der Waals surface area contributed by atoms with Crippen molar-refractivity contribution in [2.24, 2.45) is 0 Å². The molecule has 1 aliphatic carbocycles. The van der Waals surface area contributed by atoms with E-state index in [0.29, 0.717) is 42.6 Å². The Morgan fingerprint density at radius 1 is 1.21 bits per heavy atom. The zero-order valence-corrected chi connectivity index (χ0v) is 17.3. The molecule has 3 nitrogen and oxygen atoms in total. The lowest BCUT2D eigenvalue weighted by Gasteiger charge is -2.24. The summed E-state index contributed by atoms with van der Waals surface area (Å²) in [5.74, 6) is -1.80. The molecule has 1 fully saturated rings. The summed E-state index contributed by atoms with van der Waals surface area (Å²) in [5.41, 5.74) is 1.89. The predicted molar refractivity (Wildman–Crippen MR) is 108 cm³/mol. The SMILES string of the molecule is CCc1c(C(C)C)cc(C(CNC=O)C2(F)CC2)nc1-c1cc(C)c(F)cc1F. The molecule has 0 bridgehead atoms. The first-order valence-corrected chi connectivity index (χ1v) is 10.1. The average Bonchev–Trinajstić information content (AvgIpc) is 3.42. The van der Waals surface area contributed by atoms with E-state index in [4.69, 9.17) is 0 Å². The van der Waals surface area contributed by atoms with Gasteiger partial charge in [0.1, 0.15) is 17.3 Å². The zero-order valence-electron chi connectivity index (χ0n) is 17.3. The number of carbonyl (C=O) groups excluding carboxylic acids is 1. The number of nitrogens with zero attached hydrogens (tertiary/aromatic N) is 1. The second-order valence-electron chi connectivity index (χ2n) is 8.17. The number of rotatable bonds is 8. The fraction of sp³-hybridized carbons (Fsp3) is 0.478. The van der Waals surface area contributed by atoms with Gasteiger partial charge in [-0.05, 0) is 60.9 Å². The zero-order chi connectivity index (χ0) is 21.3. The lowest BCUT2D eigenvalue weighted by Crippen LogP contribution is -2.29. The highest BCUT2D eigenvalue weighted by atomic mass is 19.1. The number of aromatic nitrogens is 1. The van der Waals surface area contributed by atoms with Crippen molar-refractivity contribution >= 4 is 6.41 Å². The largest absolute Gasteiger partial charge is 0.358 e. The highest BCUT2D eigenvalue weighted by Crippen LogP contribution is 2.51. The van der Waals surface area contributed by atoms with Crippen molar-refractivity contribution in [1.29, 1.82) is 0 Å². The number of aryl methyl sites for hydroxylation is 1. The Morgan fingerprint density at radius 2 is 1.90 bits per heavy atom. The van der Waals surface area contributed by atoms with E-state index in [-0.39, 0.29) is 18.0 Å². The van der Waals surface area contributed by atoms with E-state index in [1.165, 1.54) is 6.07 Å². The van der Waals surface area contributed by atoms with Crippen LogP contribution in [0.3, 0.4) is 0 Å². The van der Waals surface area contributed by atoms with E-state index in [0.717, 1.165) is 17.2 Å². The first-order valence-electron chi connectivity index (χ1n) is 10.1. The van der Waals surface area contributed by atoms with Crippen molar-refractivity contribution in [2.75, 3.05) is 6.54 Å². The number of nitrogens with one attached hydrogen (secondary N) is 1. The number of hydrogen-bond acceptors (Lipinski definition) is 2. The normalized spacial score (nSPS) is 16.0. The molecule has 1 aromatic heterocycles. The summed E-state index contributed by atoms with van der Waals surface area (Å²) in [4.78, 5) is 15.5. The van der Waals surface area contributed by atoms with Crippen LogP contribution in [0.4, 0.5) is 13.2 Å². The van der Waals surface area contributed by atoms with Crippen LogP contribution in [-0.4, -0.2) is 23.6 Å². The molecule has 1 amide bonds. The van der Waals surface area contributed by atoms with Gasteiger partial charge in [-0.15, -0.1) is 0 Å². The van der Waals surface area contributed by atoms with E-state index in [1.54, 1.807) is 6.92 Å². The standard InChI is InChI=1S/C23H27F3N2O/c1-5-15-16(13(2)3)9-21(18(11-27-12-29)23(26)6-7-23)28-22(15)17-8-14(4)19(24)10-20(17)25/h8-10,12-13,18H,5-7,11H2,1-4H3,(H,27,29). The molecule has 0 saturated heterocycles. The molecule has 1 N–H and O–H groups in total. The predicted octanol–water partition coefficient (Wildman–Crippen LogP) is 5.35. The van der Waals surface area contributed by atoms with Crippen LogP contribution in [0, 0.1) is 18.6 Å². The average molecular weight is 404 g/mol. The summed E-state index contributed by atoms with van der Waals surface area (Å²) in [7, 11) is 0. The summed E-state index contributed by atoms with van der Waals surface area (Å²) >= 11 is 0. The number of benzene rings is 1. The lowest BCUT2D eigenvalue weighted by molar-refractivity contribution is -0.109. The highest BCUT2D eigenvalue weighted by Gasteiger charge is 2.51. The van der Waals surface area contributed by atoms with E-state index in [1.807, 2.05) is 26.8 Å². The Labute approximate surface area is 169 Å². The van der Waals surface area contributed by atoms with Crippen molar-refractivity contribution in [3.8, 4) is 11.3 Å². The minimum absolute atomic E-state index is 0.115. The second-order valence-corrected chi connectivity index (χ2v) is 8.17. The Kier molecular flexibility index (Phi) is 6.01. The van der Waals surface area contributed by atoms with E-state index >= 15 is 4.39 Å². The Hall–Kier alpha value is -2.37. The van der Waals surface area contributed by atoms with Crippen LogP contribution in [0.15, 0.2) is 18.2 Å². The molecule has 0 radical (unpaired) electrons. The highest BCUT2D eigenvalue weighted by molar-refractivity contribution is 5.67. The molecular weight excluding hydrogens is 377 g/mol. The van der Waals surface area contributed by atoms with Gasteiger partial charge in [-0.25, -0.2) is 13.2 Å². The molecule has 0 aliphatic heterocycles. The van der Waals surface area contributed by atoms with Crippen LogP contribution in [0.25, 0.3) is 11.3 Å². The molecule has 1 heterocycles. The summed E-state index contributed by atoms with van der Waals surface area (Å²) in [6.07, 6.45) is 1.98. The van der Waals surface area contributed by atoms with Gasteiger partial charge in [0.15, 0.2) is 0 Å². The fourth-order valence-electron chi connectivity index (χ4n) is 3.93. The molecular formula is C23H27F3N2O. The summed E-state index contributed by atoms with van der Waals surface area (Å²) < 4.78 is 43.7. The summed E-state index contributed by atoms with van der Waals surface area (Å²) in [6.45, 7) is 7.71. The number of hydrogen-bond donors (Lipinski definition) is 1. The minimum Gasteiger partial charge on any atom is -0.358 e. The van der Waals surface area contributed by atoms with Crippen molar-refractivity contribution < 1.29 is 18.0 Å². The van der Waals surface area contributed by atoms with Gasteiger partial charge in [0.05, 0.1) is 11.6 Å². The van der Waals surface area contributed by atoms with Crippen LogP contribution >= 0.6 is 0 Å².